The average Bonchev–Trinajstić information content (AvgIpc) is 3.37. The van der Waals surface area contributed by atoms with Crippen molar-refractivity contribution in [2.75, 3.05) is 0 Å². The van der Waals surface area contributed by atoms with Crippen molar-refractivity contribution in [1.82, 2.24) is 9.55 Å². The molecule has 21 heavy (non-hydrogen) atoms. The fourth-order valence-electron chi connectivity index (χ4n) is 3.53. The van der Waals surface area contributed by atoms with Crippen LogP contribution in [0.1, 0.15) is 67.2 Å². The lowest BCUT2D eigenvalue weighted by Gasteiger charge is -2.10. The fourth-order valence-corrected chi connectivity index (χ4v) is 3.53. The number of carboxylic acids is 1. The average molecular weight is 284 g/mol. The molecule has 2 fully saturated rings. The van der Waals surface area contributed by atoms with Crippen molar-refractivity contribution in [2.24, 2.45) is 5.92 Å². The van der Waals surface area contributed by atoms with Gasteiger partial charge in [-0.25, -0.2) is 9.78 Å². The molecule has 4 nitrogen and oxygen atoms in total. The first kappa shape index (κ1) is 12.9. The standard InChI is InChI=1S/C17H20N2O2/c1-2-4-11-9-14(11)19-15-12(17(20)21)5-3-6-13(15)18-16(19)10-7-8-10/h3,5-6,10-11,14H,2,4,7-9H2,1H3,(H,20,21). The van der Waals surface area contributed by atoms with Gasteiger partial charge in [-0.2, -0.15) is 0 Å². The van der Waals surface area contributed by atoms with Crippen LogP contribution in [-0.2, 0) is 0 Å². The summed E-state index contributed by atoms with van der Waals surface area (Å²) < 4.78 is 2.27. The van der Waals surface area contributed by atoms with E-state index in [0.717, 1.165) is 16.9 Å². The van der Waals surface area contributed by atoms with E-state index in [1.54, 1.807) is 12.1 Å². The third kappa shape index (κ3) is 2.04. The second kappa shape index (κ2) is 4.58. The molecule has 1 aromatic heterocycles. The molecule has 0 spiro atoms. The monoisotopic (exact) mass is 284 g/mol. The summed E-state index contributed by atoms with van der Waals surface area (Å²) in [6, 6.07) is 5.92. The summed E-state index contributed by atoms with van der Waals surface area (Å²) in [4.78, 5) is 16.3. The van der Waals surface area contributed by atoms with E-state index in [9.17, 15) is 9.90 Å². The van der Waals surface area contributed by atoms with Crippen molar-refractivity contribution < 1.29 is 9.90 Å². The van der Waals surface area contributed by atoms with E-state index in [1.807, 2.05) is 6.07 Å². The summed E-state index contributed by atoms with van der Waals surface area (Å²) in [7, 11) is 0. The molecule has 1 aromatic carbocycles. The van der Waals surface area contributed by atoms with Crippen LogP contribution in [0.5, 0.6) is 0 Å². The van der Waals surface area contributed by atoms with E-state index in [4.69, 9.17) is 4.98 Å². The van der Waals surface area contributed by atoms with Crippen LogP contribution in [0.25, 0.3) is 11.0 Å². The number of hydrogen-bond donors (Lipinski definition) is 1. The zero-order valence-corrected chi connectivity index (χ0v) is 12.2. The van der Waals surface area contributed by atoms with Crippen molar-refractivity contribution >= 4 is 17.0 Å². The van der Waals surface area contributed by atoms with Crippen molar-refractivity contribution in [1.29, 1.82) is 0 Å². The Morgan fingerprint density at radius 2 is 2.24 bits per heavy atom. The van der Waals surface area contributed by atoms with Crippen LogP contribution >= 0.6 is 0 Å². The van der Waals surface area contributed by atoms with Gasteiger partial charge in [0.25, 0.3) is 0 Å². The topological polar surface area (TPSA) is 55.1 Å². The Labute approximate surface area is 123 Å². The number of aromatic nitrogens is 2. The Morgan fingerprint density at radius 3 is 2.90 bits per heavy atom. The maximum Gasteiger partial charge on any atom is 0.337 e. The Kier molecular flexibility index (Phi) is 2.81. The summed E-state index contributed by atoms with van der Waals surface area (Å²) >= 11 is 0. The molecule has 2 aliphatic carbocycles. The Morgan fingerprint density at radius 1 is 1.43 bits per heavy atom. The van der Waals surface area contributed by atoms with Gasteiger partial charge in [0.05, 0.1) is 16.6 Å². The predicted octanol–water partition coefficient (Wildman–Crippen LogP) is 3.97. The molecule has 2 aromatic rings. The molecule has 4 heteroatoms. The molecule has 2 atom stereocenters. The van der Waals surface area contributed by atoms with Gasteiger partial charge in [-0.3, -0.25) is 0 Å². The second-order valence-corrected chi connectivity index (χ2v) is 6.44. The second-order valence-electron chi connectivity index (χ2n) is 6.44. The van der Waals surface area contributed by atoms with Gasteiger partial charge in [0.1, 0.15) is 5.82 Å². The fraction of sp³-hybridized carbons (Fsp3) is 0.529. The SMILES string of the molecule is CCCC1CC1n1c(C2CC2)nc2cccc(C(=O)O)c21. The van der Waals surface area contributed by atoms with E-state index >= 15 is 0 Å². The van der Waals surface area contributed by atoms with Gasteiger partial charge in [-0.15, -0.1) is 0 Å². The first-order chi connectivity index (χ1) is 10.2. The lowest BCUT2D eigenvalue weighted by Crippen LogP contribution is -2.06. The van der Waals surface area contributed by atoms with Gasteiger partial charge in [-0.05, 0) is 43.7 Å². The van der Waals surface area contributed by atoms with Gasteiger partial charge in [-0.1, -0.05) is 19.4 Å². The maximum atomic E-state index is 11.6. The predicted molar refractivity (Wildman–Crippen MR) is 80.7 cm³/mol. The number of nitrogens with zero attached hydrogens (tertiary/aromatic N) is 2. The van der Waals surface area contributed by atoms with Gasteiger partial charge < -0.3 is 9.67 Å². The van der Waals surface area contributed by atoms with Gasteiger partial charge >= 0.3 is 5.97 Å². The zero-order chi connectivity index (χ0) is 14.6. The van der Waals surface area contributed by atoms with Crippen molar-refractivity contribution in [3.8, 4) is 0 Å². The summed E-state index contributed by atoms with van der Waals surface area (Å²) in [5.74, 6) is 1.52. The summed E-state index contributed by atoms with van der Waals surface area (Å²) in [5, 5.41) is 9.50. The number of carboxylic acid groups (broad SMARTS) is 1. The largest absolute Gasteiger partial charge is 0.478 e. The van der Waals surface area contributed by atoms with Crippen LogP contribution < -0.4 is 0 Å². The highest BCUT2D eigenvalue weighted by Gasteiger charge is 2.43. The third-order valence-electron chi connectivity index (χ3n) is 4.79. The lowest BCUT2D eigenvalue weighted by molar-refractivity contribution is 0.0698. The highest BCUT2D eigenvalue weighted by atomic mass is 16.4. The van der Waals surface area contributed by atoms with Gasteiger partial charge in [0.2, 0.25) is 0 Å². The number of para-hydroxylation sites is 1. The molecule has 0 saturated heterocycles. The van der Waals surface area contributed by atoms with E-state index in [2.05, 4.69) is 11.5 Å². The summed E-state index contributed by atoms with van der Waals surface area (Å²) in [6.07, 6.45) is 5.97. The molecule has 0 bridgehead atoms. The molecule has 1 N–H and O–H groups in total. The Balaban J connectivity index is 1.89. The lowest BCUT2D eigenvalue weighted by atomic mass is 10.1. The number of imidazole rings is 1. The number of benzene rings is 1. The van der Waals surface area contributed by atoms with Crippen LogP contribution in [0.4, 0.5) is 0 Å². The molecule has 110 valence electrons. The molecule has 2 aliphatic rings. The normalized spacial score (nSPS) is 24.4. The van der Waals surface area contributed by atoms with Crippen LogP contribution in [0.3, 0.4) is 0 Å². The minimum Gasteiger partial charge on any atom is -0.478 e. The summed E-state index contributed by atoms with van der Waals surface area (Å²) in [6.45, 7) is 2.21. The highest BCUT2D eigenvalue weighted by molar-refractivity contribution is 6.01. The molecular weight excluding hydrogens is 264 g/mol. The molecule has 1 heterocycles. The number of hydrogen-bond acceptors (Lipinski definition) is 2. The van der Waals surface area contributed by atoms with E-state index < -0.39 is 5.97 Å². The molecule has 4 rings (SSSR count). The quantitative estimate of drug-likeness (QED) is 0.903. The first-order valence-corrected chi connectivity index (χ1v) is 7.94. The molecule has 0 amide bonds. The molecule has 0 aliphatic heterocycles. The van der Waals surface area contributed by atoms with Crippen LogP contribution in [-0.4, -0.2) is 20.6 Å². The highest BCUT2D eigenvalue weighted by Crippen LogP contribution is 2.52. The van der Waals surface area contributed by atoms with Crippen molar-refractivity contribution in [2.45, 2.75) is 51.0 Å². The van der Waals surface area contributed by atoms with E-state index in [1.165, 1.54) is 32.1 Å². The number of rotatable bonds is 5. The van der Waals surface area contributed by atoms with Crippen LogP contribution in [0.2, 0.25) is 0 Å². The molecule has 2 unspecified atom stereocenters. The third-order valence-corrected chi connectivity index (χ3v) is 4.79. The first-order valence-electron chi connectivity index (χ1n) is 7.94. The Hall–Kier alpha value is -1.84. The van der Waals surface area contributed by atoms with E-state index in [0.29, 0.717) is 23.4 Å². The smallest absolute Gasteiger partial charge is 0.337 e. The number of carbonyl (C=O) groups is 1. The number of fused-ring (bicyclic) bond motifs is 1. The molecular formula is C17H20N2O2. The van der Waals surface area contributed by atoms with Crippen molar-refractivity contribution in [3.63, 3.8) is 0 Å². The maximum absolute atomic E-state index is 11.6. The summed E-state index contributed by atoms with van der Waals surface area (Å²) in [5.41, 5.74) is 2.09. The Bertz CT molecular complexity index is 715. The number of aromatic carboxylic acids is 1. The zero-order valence-electron chi connectivity index (χ0n) is 12.2. The molecule has 2 saturated carbocycles. The minimum absolute atomic E-state index is 0.397. The minimum atomic E-state index is -0.850. The van der Waals surface area contributed by atoms with Crippen LogP contribution in [0.15, 0.2) is 18.2 Å². The van der Waals surface area contributed by atoms with Gasteiger partial charge in [0, 0.05) is 12.0 Å². The van der Waals surface area contributed by atoms with Crippen LogP contribution in [0, 0.1) is 5.92 Å². The van der Waals surface area contributed by atoms with Crippen molar-refractivity contribution in [3.05, 3.63) is 29.6 Å². The van der Waals surface area contributed by atoms with Gasteiger partial charge in [0.15, 0.2) is 0 Å². The molecule has 0 radical (unpaired) electrons. The van der Waals surface area contributed by atoms with E-state index in [-0.39, 0.29) is 0 Å².